The highest BCUT2D eigenvalue weighted by Gasteiger charge is 2.14. The third-order valence-corrected chi connectivity index (χ3v) is 5.21. The Balaban J connectivity index is 1.79. The molecule has 2 aromatic rings. The molecule has 1 aromatic heterocycles. The molecular weight excluding hydrogens is 364 g/mol. The number of aromatic nitrogens is 1. The second kappa shape index (κ2) is 10.2. The summed E-state index contributed by atoms with van der Waals surface area (Å²) < 4.78 is 10.2. The lowest BCUT2D eigenvalue weighted by Gasteiger charge is -2.14. The largest absolute Gasteiger partial charge is 0.455 e. The van der Waals surface area contributed by atoms with Crippen molar-refractivity contribution in [3.8, 4) is 0 Å². The van der Waals surface area contributed by atoms with Gasteiger partial charge in [-0.3, -0.25) is 9.59 Å². The number of hydrogen-bond donors (Lipinski definition) is 1. The zero-order valence-corrected chi connectivity index (χ0v) is 17.1. The molecule has 0 unspecified atom stereocenters. The van der Waals surface area contributed by atoms with Crippen molar-refractivity contribution in [3.63, 3.8) is 0 Å². The summed E-state index contributed by atoms with van der Waals surface area (Å²) in [5.74, 6) is 0.806. The van der Waals surface area contributed by atoms with Crippen LogP contribution < -0.4 is 5.32 Å². The van der Waals surface area contributed by atoms with Crippen LogP contribution in [0.4, 0.5) is 5.69 Å². The molecule has 0 saturated carbocycles. The van der Waals surface area contributed by atoms with Gasteiger partial charge >= 0.3 is 5.97 Å². The monoisotopic (exact) mass is 390 g/mol. The van der Waals surface area contributed by atoms with Crippen LogP contribution in [0.3, 0.4) is 0 Å². The number of carbonyl (C=O) groups excluding carboxylic acids is 2. The maximum atomic E-state index is 12.2. The quantitative estimate of drug-likeness (QED) is 0.655. The molecule has 0 aliphatic rings. The molecule has 7 heteroatoms. The van der Waals surface area contributed by atoms with Gasteiger partial charge in [-0.2, -0.15) is 0 Å². The number of anilines is 1. The highest BCUT2D eigenvalue weighted by molar-refractivity contribution is 7.99. The molecule has 0 radical (unpaired) electrons. The van der Waals surface area contributed by atoms with Gasteiger partial charge in [-0.05, 0) is 37.8 Å². The van der Waals surface area contributed by atoms with Gasteiger partial charge in [0.15, 0.2) is 6.61 Å². The predicted octanol–water partition coefficient (Wildman–Crippen LogP) is 3.83. The van der Waals surface area contributed by atoms with Crippen LogP contribution in [0.2, 0.25) is 0 Å². The Kier molecular flexibility index (Phi) is 7.91. The SMILES string of the molecule is CCc1cccc(CC)c1NC(=O)COC(=O)CSCc1c(C)noc1C. The zero-order chi connectivity index (χ0) is 19.8. The molecule has 1 heterocycles. The average molecular weight is 391 g/mol. The smallest absolute Gasteiger partial charge is 0.316 e. The van der Waals surface area contributed by atoms with Crippen LogP contribution in [-0.4, -0.2) is 29.4 Å². The van der Waals surface area contributed by atoms with Crippen molar-refractivity contribution in [1.29, 1.82) is 0 Å². The van der Waals surface area contributed by atoms with Crippen molar-refractivity contribution in [3.05, 3.63) is 46.3 Å². The third kappa shape index (κ3) is 5.85. The Hall–Kier alpha value is -2.28. The highest BCUT2D eigenvalue weighted by atomic mass is 32.2. The lowest BCUT2D eigenvalue weighted by Crippen LogP contribution is -2.23. The summed E-state index contributed by atoms with van der Waals surface area (Å²) in [5, 5.41) is 6.77. The molecule has 0 fully saturated rings. The second-order valence-corrected chi connectivity index (χ2v) is 7.15. The summed E-state index contributed by atoms with van der Waals surface area (Å²) in [6.45, 7) is 7.51. The summed E-state index contributed by atoms with van der Waals surface area (Å²) in [6, 6.07) is 5.97. The van der Waals surface area contributed by atoms with Gasteiger partial charge in [-0.1, -0.05) is 37.2 Å². The molecule has 0 aliphatic heterocycles. The normalized spacial score (nSPS) is 10.7. The zero-order valence-electron chi connectivity index (χ0n) is 16.3. The molecule has 1 amide bonds. The number of para-hydroxylation sites is 1. The van der Waals surface area contributed by atoms with Crippen LogP contribution in [0.25, 0.3) is 0 Å². The summed E-state index contributed by atoms with van der Waals surface area (Å²) in [4.78, 5) is 24.1. The van der Waals surface area contributed by atoms with E-state index in [2.05, 4.69) is 10.5 Å². The van der Waals surface area contributed by atoms with Gasteiger partial charge in [0, 0.05) is 17.0 Å². The average Bonchev–Trinajstić information content (AvgIpc) is 2.98. The van der Waals surface area contributed by atoms with Gasteiger partial charge in [0.05, 0.1) is 11.4 Å². The van der Waals surface area contributed by atoms with Crippen LogP contribution in [0.15, 0.2) is 22.7 Å². The molecule has 6 nitrogen and oxygen atoms in total. The van der Waals surface area contributed by atoms with E-state index >= 15 is 0 Å². The van der Waals surface area contributed by atoms with Crippen molar-refractivity contribution in [1.82, 2.24) is 5.16 Å². The summed E-state index contributed by atoms with van der Waals surface area (Å²) in [7, 11) is 0. The molecule has 1 N–H and O–H groups in total. The van der Waals surface area contributed by atoms with E-state index in [0.29, 0.717) is 5.75 Å². The number of benzene rings is 1. The third-order valence-electron chi connectivity index (χ3n) is 4.28. The predicted molar refractivity (Wildman–Crippen MR) is 107 cm³/mol. The van der Waals surface area contributed by atoms with Crippen LogP contribution >= 0.6 is 11.8 Å². The fraction of sp³-hybridized carbons (Fsp3) is 0.450. The van der Waals surface area contributed by atoms with Crippen molar-refractivity contribution in [2.75, 3.05) is 17.7 Å². The van der Waals surface area contributed by atoms with E-state index < -0.39 is 5.97 Å². The van der Waals surface area contributed by atoms with E-state index in [1.54, 1.807) is 0 Å². The van der Waals surface area contributed by atoms with E-state index in [9.17, 15) is 9.59 Å². The maximum Gasteiger partial charge on any atom is 0.316 e. The number of nitrogens with zero attached hydrogens (tertiary/aromatic N) is 1. The van der Waals surface area contributed by atoms with Crippen molar-refractivity contribution in [2.24, 2.45) is 0 Å². The standard InChI is InChI=1S/C20H26N2O4S/c1-5-15-8-7-9-16(6-2)20(15)21-18(23)10-25-19(24)12-27-11-17-13(3)22-26-14(17)4/h7-9H,5-6,10-12H2,1-4H3,(H,21,23). The van der Waals surface area contributed by atoms with Crippen molar-refractivity contribution < 1.29 is 18.8 Å². The van der Waals surface area contributed by atoms with E-state index in [4.69, 9.17) is 9.26 Å². The van der Waals surface area contributed by atoms with Gasteiger partial charge in [-0.15, -0.1) is 11.8 Å². The van der Waals surface area contributed by atoms with Crippen LogP contribution in [-0.2, 0) is 32.9 Å². The Morgan fingerprint density at radius 1 is 1.19 bits per heavy atom. The molecule has 0 spiro atoms. The first kappa shape index (κ1) is 21.0. The second-order valence-electron chi connectivity index (χ2n) is 6.16. The number of aryl methyl sites for hydroxylation is 4. The van der Waals surface area contributed by atoms with Crippen LogP contribution in [0.5, 0.6) is 0 Å². The Labute approximate surface area is 164 Å². The molecule has 0 saturated heterocycles. The molecular formula is C20H26N2O4S. The molecule has 2 rings (SSSR count). The number of carbonyl (C=O) groups is 2. The highest BCUT2D eigenvalue weighted by Crippen LogP contribution is 2.22. The van der Waals surface area contributed by atoms with E-state index in [-0.39, 0.29) is 18.3 Å². The number of esters is 1. The number of thioether (sulfide) groups is 1. The van der Waals surface area contributed by atoms with Crippen molar-refractivity contribution in [2.45, 2.75) is 46.3 Å². The minimum Gasteiger partial charge on any atom is -0.455 e. The number of ether oxygens (including phenoxy) is 1. The van der Waals surface area contributed by atoms with Gasteiger partial charge in [0.2, 0.25) is 0 Å². The summed E-state index contributed by atoms with van der Waals surface area (Å²) in [5.41, 5.74) is 4.80. The van der Waals surface area contributed by atoms with Gasteiger partial charge in [0.1, 0.15) is 5.76 Å². The Morgan fingerprint density at radius 2 is 1.85 bits per heavy atom. The van der Waals surface area contributed by atoms with Crippen molar-refractivity contribution >= 4 is 29.3 Å². The number of hydrogen-bond acceptors (Lipinski definition) is 6. The van der Waals surface area contributed by atoms with Gasteiger partial charge < -0.3 is 14.6 Å². The van der Waals surface area contributed by atoms with E-state index in [0.717, 1.165) is 46.7 Å². The molecule has 0 aliphatic carbocycles. The Morgan fingerprint density at radius 3 is 2.41 bits per heavy atom. The van der Waals surface area contributed by atoms with Gasteiger partial charge in [0.25, 0.3) is 5.91 Å². The molecule has 27 heavy (non-hydrogen) atoms. The van der Waals surface area contributed by atoms with Crippen LogP contribution in [0.1, 0.15) is 42.0 Å². The number of nitrogens with one attached hydrogen (secondary N) is 1. The lowest BCUT2D eigenvalue weighted by atomic mass is 10.0. The number of amides is 1. The topological polar surface area (TPSA) is 81.4 Å². The van der Waals surface area contributed by atoms with E-state index in [1.807, 2.05) is 45.9 Å². The molecule has 0 atom stereocenters. The summed E-state index contributed by atoms with van der Waals surface area (Å²) >= 11 is 1.41. The Bertz CT molecular complexity index is 760. The molecule has 0 bridgehead atoms. The minimum atomic E-state index is -0.415. The first-order valence-electron chi connectivity index (χ1n) is 9.01. The first-order chi connectivity index (χ1) is 13.0. The fourth-order valence-corrected chi connectivity index (χ4v) is 3.68. The summed E-state index contributed by atoms with van der Waals surface area (Å²) in [6.07, 6.45) is 1.64. The van der Waals surface area contributed by atoms with Crippen LogP contribution in [0, 0.1) is 13.8 Å². The molecule has 146 valence electrons. The number of rotatable bonds is 9. The fourth-order valence-electron chi connectivity index (χ4n) is 2.71. The first-order valence-corrected chi connectivity index (χ1v) is 10.2. The maximum absolute atomic E-state index is 12.2. The molecule has 1 aromatic carbocycles. The lowest BCUT2D eigenvalue weighted by molar-refractivity contribution is -0.144. The van der Waals surface area contributed by atoms with Gasteiger partial charge in [-0.25, -0.2) is 0 Å². The minimum absolute atomic E-state index is 0.170. The van der Waals surface area contributed by atoms with E-state index in [1.165, 1.54) is 11.8 Å².